The van der Waals surface area contributed by atoms with E-state index in [2.05, 4.69) is 5.32 Å². The van der Waals surface area contributed by atoms with E-state index in [0.717, 1.165) is 10.5 Å². The number of benzene rings is 2. The number of carbonyl (C=O) groups excluding carboxylic acids is 3. The quantitative estimate of drug-likeness (QED) is 0.579. The molecule has 8 nitrogen and oxygen atoms in total. The molecular weight excluding hydrogens is 388 g/mol. The van der Waals surface area contributed by atoms with Crippen molar-refractivity contribution in [1.82, 2.24) is 5.32 Å². The highest BCUT2D eigenvalue weighted by Gasteiger charge is 2.36. The van der Waals surface area contributed by atoms with Crippen LogP contribution in [0.2, 0.25) is 0 Å². The Morgan fingerprint density at radius 3 is 2.07 bits per heavy atom. The van der Waals surface area contributed by atoms with E-state index in [0.29, 0.717) is 17.2 Å². The van der Waals surface area contributed by atoms with E-state index < -0.39 is 17.8 Å². The summed E-state index contributed by atoms with van der Waals surface area (Å²) in [5.74, 6) is -1.26. The van der Waals surface area contributed by atoms with Crippen LogP contribution in [0, 0.1) is 0 Å². The molecule has 1 fully saturated rings. The van der Waals surface area contributed by atoms with Crippen LogP contribution < -0.4 is 19.7 Å². The lowest BCUT2D eigenvalue weighted by atomic mass is 10.0. The molecule has 8 heteroatoms. The van der Waals surface area contributed by atoms with Crippen LogP contribution in [0.25, 0.3) is 6.08 Å². The van der Waals surface area contributed by atoms with Gasteiger partial charge in [0.15, 0.2) is 11.5 Å². The molecule has 1 aliphatic heterocycles. The topological polar surface area (TPSA) is 105 Å². The van der Waals surface area contributed by atoms with Crippen LogP contribution in [0.3, 0.4) is 0 Å². The zero-order chi connectivity index (χ0) is 22.0. The van der Waals surface area contributed by atoms with Gasteiger partial charge in [0.25, 0.3) is 11.8 Å². The van der Waals surface area contributed by atoms with Crippen LogP contribution in [-0.2, 0) is 9.59 Å². The summed E-state index contributed by atoms with van der Waals surface area (Å²) < 4.78 is 10.2. The van der Waals surface area contributed by atoms with E-state index in [4.69, 9.17) is 9.47 Å². The zero-order valence-electron chi connectivity index (χ0n) is 17.1. The van der Waals surface area contributed by atoms with E-state index in [1.54, 1.807) is 12.1 Å². The van der Waals surface area contributed by atoms with Gasteiger partial charge in [0.2, 0.25) is 5.75 Å². The minimum Gasteiger partial charge on any atom is -0.502 e. The number of nitrogens with one attached hydrogen (secondary N) is 1. The third kappa shape index (κ3) is 3.84. The van der Waals surface area contributed by atoms with Gasteiger partial charge in [-0.2, -0.15) is 0 Å². The number of anilines is 1. The van der Waals surface area contributed by atoms with Gasteiger partial charge in [-0.25, -0.2) is 9.69 Å². The molecule has 0 aliphatic carbocycles. The first kappa shape index (κ1) is 20.9. The van der Waals surface area contributed by atoms with Crippen molar-refractivity contribution in [2.75, 3.05) is 19.1 Å². The lowest BCUT2D eigenvalue weighted by Gasteiger charge is -2.26. The average molecular weight is 410 g/mol. The predicted molar refractivity (Wildman–Crippen MR) is 111 cm³/mol. The van der Waals surface area contributed by atoms with Gasteiger partial charge in [0.1, 0.15) is 5.57 Å². The number of imide groups is 2. The zero-order valence-corrected chi connectivity index (χ0v) is 17.1. The highest BCUT2D eigenvalue weighted by atomic mass is 16.5. The minimum atomic E-state index is -0.819. The molecule has 4 amide bonds. The third-order valence-electron chi connectivity index (χ3n) is 4.73. The Morgan fingerprint density at radius 2 is 1.57 bits per heavy atom. The van der Waals surface area contributed by atoms with Gasteiger partial charge >= 0.3 is 6.03 Å². The van der Waals surface area contributed by atoms with Crippen molar-refractivity contribution in [2.24, 2.45) is 0 Å². The highest BCUT2D eigenvalue weighted by Crippen LogP contribution is 2.38. The molecule has 1 heterocycles. The van der Waals surface area contributed by atoms with E-state index in [-0.39, 0.29) is 22.8 Å². The van der Waals surface area contributed by atoms with E-state index in [1.165, 1.54) is 32.4 Å². The van der Waals surface area contributed by atoms with Crippen molar-refractivity contribution >= 4 is 29.6 Å². The monoisotopic (exact) mass is 410 g/mol. The minimum absolute atomic E-state index is 0.113. The van der Waals surface area contributed by atoms with E-state index in [9.17, 15) is 19.5 Å². The average Bonchev–Trinajstić information content (AvgIpc) is 2.72. The fourth-order valence-corrected chi connectivity index (χ4v) is 3.06. The van der Waals surface area contributed by atoms with Crippen LogP contribution >= 0.6 is 0 Å². The van der Waals surface area contributed by atoms with Crippen molar-refractivity contribution in [3.05, 3.63) is 53.1 Å². The fourth-order valence-electron chi connectivity index (χ4n) is 3.06. The second-order valence-electron chi connectivity index (χ2n) is 6.98. The number of methoxy groups -OCH3 is 2. The molecule has 30 heavy (non-hydrogen) atoms. The summed E-state index contributed by atoms with van der Waals surface area (Å²) in [7, 11) is 2.73. The Bertz CT molecular complexity index is 1020. The first-order chi connectivity index (χ1) is 14.3. The highest BCUT2D eigenvalue weighted by molar-refractivity contribution is 6.39. The number of nitrogens with zero attached hydrogens (tertiary/aromatic N) is 1. The summed E-state index contributed by atoms with van der Waals surface area (Å²) in [4.78, 5) is 38.6. The number of hydrogen-bond acceptors (Lipinski definition) is 6. The molecule has 2 aromatic rings. The number of phenolic OH excluding ortho intramolecular Hbond substituents is 1. The Kier molecular flexibility index (Phi) is 5.77. The van der Waals surface area contributed by atoms with Crippen LogP contribution in [0.15, 0.2) is 42.0 Å². The number of ether oxygens (including phenoxy) is 2. The molecule has 1 aliphatic rings. The normalized spacial score (nSPS) is 15.6. The first-order valence-corrected chi connectivity index (χ1v) is 9.23. The summed E-state index contributed by atoms with van der Waals surface area (Å²) in [5.41, 5.74) is 1.54. The molecule has 0 atom stereocenters. The maximum atomic E-state index is 13.0. The SMILES string of the molecule is COc1cc(/C=C2/C(=O)NC(=O)N(c3ccc(C(C)C)cc3)C2=O)cc(OC)c1O. The molecule has 0 bridgehead atoms. The van der Waals surface area contributed by atoms with Gasteiger partial charge in [0, 0.05) is 0 Å². The molecule has 2 aromatic carbocycles. The number of phenols is 1. The van der Waals surface area contributed by atoms with Gasteiger partial charge < -0.3 is 14.6 Å². The molecule has 2 N–H and O–H groups in total. The lowest BCUT2D eigenvalue weighted by Crippen LogP contribution is -2.54. The van der Waals surface area contributed by atoms with E-state index >= 15 is 0 Å². The third-order valence-corrected chi connectivity index (χ3v) is 4.73. The molecule has 1 saturated heterocycles. The van der Waals surface area contributed by atoms with Crippen LogP contribution in [0.5, 0.6) is 17.2 Å². The maximum Gasteiger partial charge on any atom is 0.335 e. The van der Waals surface area contributed by atoms with Gasteiger partial charge in [0.05, 0.1) is 19.9 Å². The van der Waals surface area contributed by atoms with Gasteiger partial charge in [-0.05, 0) is 47.4 Å². The molecule has 3 rings (SSSR count). The molecule has 156 valence electrons. The Morgan fingerprint density at radius 1 is 1.00 bits per heavy atom. The van der Waals surface area contributed by atoms with Gasteiger partial charge in [-0.15, -0.1) is 0 Å². The number of urea groups is 1. The number of carbonyl (C=O) groups is 3. The van der Waals surface area contributed by atoms with Crippen LogP contribution in [0.4, 0.5) is 10.5 Å². The van der Waals surface area contributed by atoms with Crippen LogP contribution in [0.1, 0.15) is 30.9 Å². The van der Waals surface area contributed by atoms with Gasteiger partial charge in [-0.3, -0.25) is 14.9 Å². The van der Waals surface area contributed by atoms with Crippen LogP contribution in [-0.4, -0.2) is 37.2 Å². The van der Waals surface area contributed by atoms with E-state index in [1.807, 2.05) is 26.0 Å². The van der Waals surface area contributed by atoms with Crippen molar-refractivity contribution in [1.29, 1.82) is 0 Å². The van der Waals surface area contributed by atoms with Crippen molar-refractivity contribution < 1.29 is 29.0 Å². The molecule has 0 aromatic heterocycles. The van der Waals surface area contributed by atoms with Crippen molar-refractivity contribution in [3.63, 3.8) is 0 Å². The molecule has 0 radical (unpaired) electrons. The Labute approximate surface area is 173 Å². The van der Waals surface area contributed by atoms with Gasteiger partial charge in [-0.1, -0.05) is 26.0 Å². The summed E-state index contributed by atoms with van der Waals surface area (Å²) >= 11 is 0. The number of hydrogen-bond donors (Lipinski definition) is 2. The summed E-state index contributed by atoms with van der Waals surface area (Å²) in [6.45, 7) is 4.07. The summed E-state index contributed by atoms with van der Waals surface area (Å²) in [6.07, 6.45) is 1.31. The number of aromatic hydroxyl groups is 1. The molecule has 0 saturated carbocycles. The number of rotatable bonds is 5. The van der Waals surface area contributed by atoms with Crippen molar-refractivity contribution in [3.8, 4) is 17.2 Å². The van der Waals surface area contributed by atoms with Crippen molar-refractivity contribution in [2.45, 2.75) is 19.8 Å². The largest absolute Gasteiger partial charge is 0.502 e. The Balaban J connectivity index is 2.02. The second kappa shape index (κ2) is 8.28. The maximum absolute atomic E-state index is 13.0. The smallest absolute Gasteiger partial charge is 0.335 e. The summed E-state index contributed by atoms with van der Waals surface area (Å²) in [5, 5.41) is 12.2. The molecular formula is C22H22N2O6. The number of amides is 4. The Hall–Kier alpha value is -3.81. The molecule has 0 unspecified atom stereocenters. The molecule has 0 spiro atoms. The first-order valence-electron chi connectivity index (χ1n) is 9.23. The fraction of sp³-hybridized carbons (Fsp3) is 0.227. The second-order valence-corrected chi connectivity index (χ2v) is 6.98. The predicted octanol–water partition coefficient (Wildman–Crippen LogP) is 3.20. The number of barbiturate groups is 1. The lowest BCUT2D eigenvalue weighted by molar-refractivity contribution is -0.122. The summed E-state index contributed by atoms with van der Waals surface area (Å²) in [6, 6.07) is 9.05. The standard InChI is InChI=1S/C22H22N2O6/c1-12(2)14-5-7-15(8-6-14)24-21(27)16(20(26)23-22(24)28)9-13-10-17(29-3)19(25)18(11-13)30-4/h5-12,25H,1-4H3,(H,23,26,28)/b16-9-.